The summed E-state index contributed by atoms with van der Waals surface area (Å²) in [5.74, 6) is -1.26. The molecule has 0 aliphatic heterocycles. The van der Waals surface area contributed by atoms with Gasteiger partial charge in [0.05, 0.1) is 5.56 Å². The first-order valence-electron chi connectivity index (χ1n) is 8.64. The van der Waals surface area contributed by atoms with Crippen molar-refractivity contribution in [3.8, 4) is 0 Å². The fourth-order valence-corrected chi connectivity index (χ4v) is 2.48. The minimum Gasteiger partial charge on any atom is -0.324 e. The molecule has 1 aromatic heterocycles. The van der Waals surface area contributed by atoms with Crippen LogP contribution in [-0.4, -0.2) is 21.6 Å². The first kappa shape index (κ1) is 20.8. The first-order chi connectivity index (χ1) is 14.2. The summed E-state index contributed by atoms with van der Waals surface area (Å²) in [6.45, 7) is -0.522. The highest BCUT2D eigenvalue weighted by Crippen LogP contribution is 2.29. The molecule has 0 fully saturated rings. The van der Waals surface area contributed by atoms with E-state index >= 15 is 0 Å². The average molecular weight is 416 g/mol. The number of aromatic nitrogens is 2. The molecule has 0 bridgehead atoms. The molecule has 0 radical (unpaired) electrons. The third-order valence-electron chi connectivity index (χ3n) is 3.92. The van der Waals surface area contributed by atoms with E-state index in [0.29, 0.717) is 5.69 Å². The number of anilines is 2. The lowest BCUT2D eigenvalue weighted by molar-refractivity contribution is -0.137. The van der Waals surface area contributed by atoms with Crippen LogP contribution < -0.4 is 16.2 Å². The minimum atomic E-state index is -4.49. The summed E-state index contributed by atoms with van der Waals surface area (Å²) in [5, 5.41) is 8.86. The Morgan fingerprint density at radius 1 is 0.867 bits per heavy atom. The van der Waals surface area contributed by atoms with E-state index in [0.717, 1.165) is 35.0 Å². The van der Waals surface area contributed by atoms with E-state index in [-0.39, 0.29) is 11.4 Å². The molecule has 0 aliphatic rings. The lowest BCUT2D eigenvalue weighted by atomic mass is 10.2. The van der Waals surface area contributed by atoms with Crippen molar-refractivity contribution in [3.63, 3.8) is 0 Å². The maximum atomic E-state index is 12.6. The SMILES string of the molecule is O=C(Cn1nc(C(=O)Nc2ccccc2)ccc1=O)Nc1ccc(C(F)(F)F)cc1. The molecule has 1 heterocycles. The zero-order valence-corrected chi connectivity index (χ0v) is 15.3. The number of nitrogens with one attached hydrogen (secondary N) is 2. The molecule has 0 saturated heterocycles. The van der Waals surface area contributed by atoms with E-state index in [9.17, 15) is 27.6 Å². The van der Waals surface area contributed by atoms with Crippen molar-refractivity contribution in [2.24, 2.45) is 0 Å². The fraction of sp³-hybridized carbons (Fsp3) is 0.100. The standard InChI is InChI=1S/C20H15F3N4O3/c21-20(22,23)13-6-8-15(9-7-13)24-17(28)12-27-18(29)11-10-16(26-27)19(30)25-14-4-2-1-3-5-14/h1-11H,12H2,(H,24,28)(H,25,30). The van der Waals surface area contributed by atoms with Crippen LogP contribution in [0.3, 0.4) is 0 Å². The number of benzene rings is 2. The van der Waals surface area contributed by atoms with Crippen LogP contribution >= 0.6 is 0 Å². The Morgan fingerprint density at radius 2 is 1.50 bits per heavy atom. The number of para-hydroxylation sites is 1. The quantitative estimate of drug-likeness (QED) is 0.668. The molecule has 0 saturated carbocycles. The Bertz CT molecular complexity index is 1110. The maximum absolute atomic E-state index is 12.6. The van der Waals surface area contributed by atoms with Gasteiger partial charge >= 0.3 is 6.18 Å². The normalized spacial score (nSPS) is 11.0. The summed E-state index contributed by atoms with van der Waals surface area (Å²) in [4.78, 5) is 36.4. The van der Waals surface area contributed by atoms with E-state index < -0.39 is 35.7 Å². The van der Waals surface area contributed by atoms with Crippen LogP contribution in [0.1, 0.15) is 16.1 Å². The molecular formula is C20H15F3N4O3. The smallest absolute Gasteiger partial charge is 0.324 e. The molecule has 0 atom stereocenters. The van der Waals surface area contributed by atoms with Gasteiger partial charge in [-0.15, -0.1) is 0 Å². The number of nitrogens with zero attached hydrogens (tertiary/aromatic N) is 2. The van der Waals surface area contributed by atoms with Gasteiger partial charge in [0, 0.05) is 17.4 Å². The number of rotatable bonds is 5. The van der Waals surface area contributed by atoms with Crippen LogP contribution in [0.25, 0.3) is 0 Å². The van der Waals surface area contributed by atoms with Gasteiger partial charge in [0.1, 0.15) is 12.2 Å². The zero-order valence-electron chi connectivity index (χ0n) is 15.3. The lowest BCUT2D eigenvalue weighted by Crippen LogP contribution is -2.31. The number of alkyl halides is 3. The predicted octanol–water partition coefficient (Wildman–Crippen LogP) is 3.15. The summed E-state index contributed by atoms with van der Waals surface area (Å²) in [6, 6.07) is 14.8. The summed E-state index contributed by atoms with van der Waals surface area (Å²) < 4.78 is 38.6. The van der Waals surface area contributed by atoms with Gasteiger partial charge < -0.3 is 10.6 Å². The number of amides is 2. The summed E-state index contributed by atoms with van der Waals surface area (Å²) in [6.07, 6.45) is -4.49. The maximum Gasteiger partial charge on any atom is 0.416 e. The number of halogens is 3. The Hall–Kier alpha value is -3.95. The van der Waals surface area contributed by atoms with Crippen molar-refractivity contribution in [2.45, 2.75) is 12.7 Å². The van der Waals surface area contributed by atoms with Crippen LogP contribution in [0.15, 0.2) is 71.5 Å². The molecule has 3 rings (SSSR count). The number of carbonyl (C=O) groups excluding carboxylic acids is 2. The molecule has 2 N–H and O–H groups in total. The molecule has 0 aliphatic carbocycles. The number of hydrogen-bond acceptors (Lipinski definition) is 4. The molecule has 2 amide bonds. The minimum absolute atomic E-state index is 0.0826. The second-order valence-electron chi connectivity index (χ2n) is 6.16. The van der Waals surface area contributed by atoms with Crippen molar-refractivity contribution in [1.82, 2.24) is 9.78 Å². The van der Waals surface area contributed by atoms with E-state index in [1.165, 1.54) is 6.07 Å². The van der Waals surface area contributed by atoms with Crippen molar-refractivity contribution in [2.75, 3.05) is 10.6 Å². The molecule has 0 spiro atoms. The highest BCUT2D eigenvalue weighted by molar-refractivity contribution is 6.02. The van der Waals surface area contributed by atoms with Gasteiger partial charge in [-0.1, -0.05) is 18.2 Å². The van der Waals surface area contributed by atoms with E-state index in [1.807, 2.05) is 0 Å². The van der Waals surface area contributed by atoms with Crippen molar-refractivity contribution in [1.29, 1.82) is 0 Å². The highest BCUT2D eigenvalue weighted by Gasteiger charge is 2.30. The van der Waals surface area contributed by atoms with E-state index in [4.69, 9.17) is 0 Å². The molecule has 0 unspecified atom stereocenters. The predicted molar refractivity (Wildman–Crippen MR) is 103 cm³/mol. The zero-order chi connectivity index (χ0) is 21.7. The second-order valence-corrected chi connectivity index (χ2v) is 6.16. The number of hydrogen-bond donors (Lipinski definition) is 2. The van der Waals surface area contributed by atoms with Gasteiger partial charge in [0.25, 0.3) is 11.5 Å². The lowest BCUT2D eigenvalue weighted by Gasteiger charge is -2.10. The third kappa shape index (κ3) is 5.31. The summed E-state index contributed by atoms with van der Waals surface area (Å²) in [5.41, 5.74) is -0.897. The van der Waals surface area contributed by atoms with Gasteiger partial charge in [-0.2, -0.15) is 18.3 Å². The topological polar surface area (TPSA) is 93.1 Å². The fourth-order valence-electron chi connectivity index (χ4n) is 2.48. The molecular weight excluding hydrogens is 401 g/mol. The summed E-state index contributed by atoms with van der Waals surface area (Å²) >= 11 is 0. The Labute approximate surface area is 168 Å². The van der Waals surface area contributed by atoms with Crippen molar-refractivity contribution in [3.05, 3.63) is 88.3 Å². The van der Waals surface area contributed by atoms with Crippen molar-refractivity contribution < 1.29 is 22.8 Å². The van der Waals surface area contributed by atoms with Gasteiger partial charge in [-0.25, -0.2) is 4.68 Å². The Morgan fingerprint density at radius 3 is 2.13 bits per heavy atom. The summed E-state index contributed by atoms with van der Waals surface area (Å²) in [7, 11) is 0. The molecule has 3 aromatic rings. The van der Waals surface area contributed by atoms with Gasteiger partial charge in [-0.05, 0) is 42.5 Å². The first-order valence-corrected chi connectivity index (χ1v) is 8.64. The van der Waals surface area contributed by atoms with E-state index in [1.54, 1.807) is 30.3 Å². The third-order valence-corrected chi connectivity index (χ3v) is 3.92. The molecule has 10 heteroatoms. The van der Waals surface area contributed by atoms with Crippen LogP contribution in [0.5, 0.6) is 0 Å². The van der Waals surface area contributed by atoms with Gasteiger partial charge in [0.2, 0.25) is 5.91 Å². The molecule has 2 aromatic carbocycles. The van der Waals surface area contributed by atoms with Crippen LogP contribution in [0.4, 0.5) is 24.5 Å². The van der Waals surface area contributed by atoms with Gasteiger partial charge in [-0.3, -0.25) is 14.4 Å². The van der Waals surface area contributed by atoms with Crippen molar-refractivity contribution >= 4 is 23.2 Å². The van der Waals surface area contributed by atoms with E-state index in [2.05, 4.69) is 15.7 Å². The molecule has 154 valence electrons. The Kier molecular flexibility index (Phi) is 5.95. The van der Waals surface area contributed by atoms with Crippen LogP contribution in [0, 0.1) is 0 Å². The highest BCUT2D eigenvalue weighted by atomic mass is 19.4. The van der Waals surface area contributed by atoms with Crippen LogP contribution in [0.2, 0.25) is 0 Å². The molecule has 7 nitrogen and oxygen atoms in total. The molecule has 30 heavy (non-hydrogen) atoms. The average Bonchev–Trinajstić information content (AvgIpc) is 2.70. The monoisotopic (exact) mass is 416 g/mol. The number of carbonyl (C=O) groups is 2. The Balaban J connectivity index is 1.68. The largest absolute Gasteiger partial charge is 0.416 e. The van der Waals surface area contributed by atoms with Gasteiger partial charge in [0.15, 0.2) is 0 Å². The van der Waals surface area contributed by atoms with Crippen LogP contribution in [-0.2, 0) is 17.5 Å². The second kappa shape index (κ2) is 8.60.